The van der Waals surface area contributed by atoms with E-state index < -0.39 is 0 Å². The highest BCUT2D eigenvalue weighted by Crippen LogP contribution is 2.44. The van der Waals surface area contributed by atoms with Gasteiger partial charge in [0.25, 0.3) is 0 Å². The monoisotopic (exact) mass is 228 g/mol. The maximum Gasteiger partial charge on any atom is 0.221 e. The van der Waals surface area contributed by atoms with E-state index in [9.17, 15) is 4.79 Å². The Labute approximate surface area is 95.8 Å². The molecule has 2 unspecified atom stereocenters. The topological polar surface area (TPSA) is 41.1 Å². The fourth-order valence-electron chi connectivity index (χ4n) is 1.94. The van der Waals surface area contributed by atoms with Gasteiger partial charge in [-0.1, -0.05) is 13.8 Å². The van der Waals surface area contributed by atoms with E-state index in [0.717, 1.165) is 18.7 Å². The molecule has 2 atom stereocenters. The van der Waals surface area contributed by atoms with Crippen molar-refractivity contribution in [2.24, 2.45) is 5.41 Å². The number of thioether (sulfide) groups is 1. The second kappa shape index (κ2) is 4.34. The number of rotatable bonds is 3. The van der Waals surface area contributed by atoms with Crippen molar-refractivity contribution >= 4 is 17.7 Å². The van der Waals surface area contributed by atoms with Crippen molar-refractivity contribution in [1.82, 2.24) is 10.6 Å². The van der Waals surface area contributed by atoms with Crippen LogP contribution in [0.1, 0.15) is 26.7 Å². The van der Waals surface area contributed by atoms with Crippen molar-refractivity contribution in [3.8, 4) is 0 Å². The molecule has 0 radical (unpaired) electrons. The Bertz CT molecular complexity index is 249. The van der Waals surface area contributed by atoms with E-state index in [1.807, 2.05) is 11.8 Å². The summed E-state index contributed by atoms with van der Waals surface area (Å²) in [5.74, 6) is 2.46. The molecule has 1 amide bonds. The number of carbonyl (C=O) groups is 1. The zero-order chi connectivity index (χ0) is 10.9. The summed E-state index contributed by atoms with van der Waals surface area (Å²) in [5.41, 5.74) is 0.338. The average molecular weight is 228 g/mol. The SMILES string of the molecule is CC1(C)CC1NC(=O)CC1CSCCN1. The molecule has 2 fully saturated rings. The van der Waals surface area contributed by atoms with E-state index in [0.29, 0.717) is 23.9 Å². The van der Waals surface area contributed by atoms with E-state index in [4.69, 9.17) is 0 Å². The Kier molecular flexibility index (Phi) is 3.26. The lowest BCUT2D eigenvalue weighted by atomic mass is 10.2. The molecule has 0 spiro atoms. The van der Waals surface area contributed by atoms with Gasteiger partial charge in [0, 0.05) is 36.6 Å². The lowest BCUT2D eigenvalue weighted by molar-refractivity contribution is -0.121. The van der Waals surface area contributed by atoms with Crippen LogP contribution in [0, 0.1) is 5.41 Å². The second-order valence-electron chi connectivity index (χ2n) is 5.24. The summed E-state index contributed by atoms with van der Waals surface area (Å²) >= 11 is 1.94. The molecule has 1 aliphatic carbocycles. The summed E-state index contributed by atoms with van der Waals surface area (Å²) in [6.45, 7) is 5.44. The molecule has 0 aromatic rings. The molecular formula is C11H20N2OS. The van der Waals surface area contributed by atoms with Crippen LogP contribution in [-0.2, 0) is 4.79 Å². The van der Waals surface area contributed by atoms with Crippen LogP contribution in [0.15, 0.2) is 0 Å². The lowest BCUT2D eigenvalue weighted by Gasteiger charge is -2.22. The maximum atomic E-state index is 11.7. The van der Waals surface area contributed by atoms with Gasteiger partial charge in [-0.15, -0.1) is 0 Å². The predicted octanol–water partition coefficient (Wildman–Crippen LogP) is 0.996. The quantitative estimate of drug-likeness (QED) is 0.757. The Morgan fingerprint density at radius 1 is 1.60 bits per heavy atom. The third-order valence-electron chi connectivity index (χ3n) is 3.28. The summed E-state index contributed by atoms with van der Waals surface area (Å²) in [6.07, 6.45) is 1.77. The van der Waals surface area contributed by atoms with Crippen LogP contribution in [-0.4, -0.2) is 36.0 Å². The van der Waals surface area contributed by atoms with Crippen LogP contribution in [0.3, 0.4) is 0 Å². The molecule has 2 rings (SSSR count). The Morgan fingerprint density at radius 2 is 2.33 bits per heavy atom. The predicted molar refractivity (Wildman–Crippen MR) is 64.1 cm³/mol. The minimum atomic E-state index is 0.213. The first-order valence-electron chi connectivity index (χ1n) is 5.68. The summed E-state index contributed by atoms with van der Waals surface area (Å²) in [5, 5.41) is 6.49. The summed E-state index contributed by atoms with van der Waals surface area (Å²) in [7, 11) is 0. The molecule has 0 aromatic carbocycles. The number of hydrogen-bond donors (Lipinski definition) is 2. The largest absolute Gasteiger partial charge is 0.353 e. The maximum absolute atomic E-state index is 11.7. The van der Waals surface area contributed by atoms with E-state index in [-0.39, 0.29) is 5.91 Å². The van der Waals surface area contributed by atoms with Crippen LogP contribution in [0.5, 0.6) is 0 Å². The highest BCUT2D eigenvalue weighted by Gasteiger charge is 2.46. The van der Waals surface area contributed by atoms with Gasteiger partial charge in [0.05, 0.1) is 0 Å². The Hall–Kier alpha value is -0.220. The molecule has 2 N–H and O–H groups in total. The van der Waals surface area contributed by atoms with Gasteiger partial charge in [-0.25, -0.2) is 0 Å². The van der Waals surface area contributed by atoms with Crippen LogP contribution >= 0.6 is 11.8 Å². The molecule has 4 heteroatoms. The lowest BCUT2D eigenvalue weighted by Crippen LogP contribution is -2.42. The fourth-order valence-corrected chi connectivity index (χ4v) is 2.89. The Morgan fingerprint density at radius 3 is 2.87 bits per heavy atom. The third kappa shape index (κ3) is 3.11. The van der Waals surface area contributed by atoms with Gasteiger partial charge in [-0.3, -0.25) is 4.79 Å². The van der Waals surface area contributed by atoms with E-state index in [1.165, 1.54) is 5.75 Å². The molecule has 15 heavy (non-hydrogen) atoms. The molecule has 86 valence electrons. The van der Waals surface area contributed by atoms with Crippen molar-refractivity contribution in [2.45, 2.75) is 38.8 Å². The van der Waals surface area contributed by atoms with Crippen LogP contribution in [0.25, 0.3) is 0 Å². The second-order valence-corrected chi connectivity index (χ2v) is 6.39. The average Bonchev–Trinajstić information content (AvgIpc) is 2.74. The summed E-state index contributed by atoms with van der Waals surface area (Å²) in [6, 6.07) is 0.798. The van der Waals surface area contributed by atoms with Gasteiger partial charge in [0.1, 0.15) is 0 Å². The number of carbonyl (C=O) groups excluding carboxylic acids is 1. The Balaban J connectivity index is 1.68. The zero-order valence-electron chi connectivity index (χ0n) is 9.51. The van der Waals surface area contributed by atoms with Crippen molar-refractivity contribution in [3.05, 3.63) is 0 Å². The molecular weight excluding hydrogens is 208 g/mol. The van der Waals surface area contributed by atoms with Crippen LogP contribution in [0.4, 0.5) is 0 Å². The number of amides is 1. The third-order valence-corrected chi connectivity index (χ3v) is 4.41. The highest BCUT2D eigenvalue weighted by molar-refractivity contribution is 7.99. The van der Waals surface area contributed by atoms with Crippen LogP contribution < -0.4 is 10.6 Å². The van der Waals surface area contributed by atoms with Crippen molar-refractivity contribution < 1.29 is 4.79 Å². The van der Waals surface area contributed by atoms with Gasteiger partial charge in [0.2, 0.25) is 5.91 Å². The van der Waals surface area contributed by atoms with E-state index >= 15 is 0 Å². The van der Waals surface area contributed by atoms with E-state index in [2.05, 4.69) is 24.5 Å². The smallest absolute Gasteiger partial charge is 0.221 e. The first-order chi connectivity index (χ1) is 7.08. The van der Waals surface area contributed by atoms with Gasteiger partial charge < -0.3 is 10.6 Å². The normalized spacial score (nSPS) is 33.5. The molecule has 1 saturated heterocycles. The standard InChI is InChI=1S/C11H20N2OS/c1-11(2)6-9(11)13-10(14)5-8-7-15-4-3-12-8/h8-9,12H,3-7H2,1-2H3,(H,13,14). The first-order valence-corrected chi connectivity index (χ1v) is 6.84. The van der Waals surface area contributed by atoms with Gasteiger partial charge in [-0.05, 0) is 11.8 Å². The molecule has 0 bridgehead atoms. The van der Waals surface area contributed by atoms with Gasteiger partial charge in [0.15, 0.2) is 0 Å². The minimum absolute atomic E-state index is 0.213. The molecule has 1 heterocycles. The summed E-state index contributed by atoms with van der Waals surface area (Å²) < 4.78 is 0. The summed E-state index contributed by atoms with van der Waals surface area (Å²) in [4.78, 5) is 11.7. The molecule has 2 aliphatic rings. The van der Waals surface area contributed by atoms with Gasteiger partial charge >= 0.3 is 0 Å². The first kappa shape index (κ1) is 11.3. The highest BCUT2D eigenvalue weighted by atomic mass is 32.2. The molecule has 1 aliphatic heterocycles. The molecule has 1 saturated carbocycles. The number of nitrogens with one attached hydrogen (secondary N) is 2. The van der Waals surface area contributed by atoms with Crippen molar-refractivity contribution in [2.75, 3.05) is 18.1 Å². The van der Waals surface area contributed by atoms with Crippen molar-refractivity contribution in [3.63, 3.8) is 0 Å². The van der Waals surface area contributed by atoms with Gasteiger partial charge in [-0.2, -0.15) is 11.8 Å². The fraction of sp³-hybridized carbons (Fsp3) is 0.909. The number of hydrogen-bond acceptors (Lipinski definition) is 3. The zero-order valence-corrected chi connectivity index (χ0v) is 10.3. The van der Waals surface area contributed by atoms with Crippen molar-refractivity contribution in [1.29, 1.82) is 0 Å². The minimum Gasteiger partial charge on any atom is -0.353 e. The molecule has 0 aromatic heterocycles. The van der Waals surface area contributed by atoms with Crippen LogP contribution in [0.2, 0.25) is 0 Å². The molecule has 3 nitrogen and oxygen atoms in total. The van der Waals surface area contributed by atoms with E-state index in [1.54, 1.807) is 0 Å².